The summed E-state index contributed by atoms with van der Waals surface area (Å²) < 4.78 is 31.8. The lowest BCUT2D eigenvalue weighted by atomic mass is 10.1. The van der Waals surface area contributed by atoms with Crippen molar-refractivity contribution in [2.45, 2.75) is 6.92 Å². The summed E-state index contributed by atoms with van der Waals surface area (Å²) in [6.07, 6.45) is 0. The Balaban J connectivity index is 2.76. The van der Waals surface area contributed by atoms with Crippen LogP contribution in [0.4, 0.5) is 14.5 Å². The molecule has 0 heterocycles. The third-order valence-electron chi connectivity index (χ3n) is 2.41. The summed E-state index contributed by atoms with van der Waals surface area (Å²) in [5.74, 6) is -2.74. The van der Waals surface area contributed by atoms with Crippen molar-refractivity contribution in [2.24, 2.45) is 5.92 Å². The van der Waals surface area contributed by atoms with E-state index in [4.69, 9.17) is 10.5 Å². The van der Waals surface area contributed by atoms with Gasteiger partial charge in [-0.2, -0.15) is 0 Å². The maximum Gasteiger partial charge on any atom is 0.257 e. The van der Waals surface area contributed by atoms with Crippen molar-refractivity contribution in [3.8, 4) is 0 Å². The highest BCUT2D eigenvalue weighted by Gasteiger charge is 2.19. The molecule has 0 saturated carbocycles. The maximum absolute atomic E-state index is 13.5. The first-order valence-electron chi connectivity index (χ1n) is 5.48. The van der Waals surface area contributed by atoms with Crippen LogP contribution in [-0.4, -0.2) is 26.2 Å². The average molecular weight is 258 g/mol. The van der Waals surface area contributed by atoms with Crippen molar-refractivity contribution in [1.29, 1.82) is 0 Å². The summed E-state index contributed by atoms with van der Waals surface area (Å²) in [6.45, 7) is 2.55. The van der Waals surface area contributed by atoms with Gasteiger partial charge in [-0.3, -0.25) is 4.79 Å². The van der Waals surface area contributed by atoms with Gasteiger partial charge in [0.2, 0.25) is 0 Å². The smallest absolute Gasteiger partial charge is 0.257 e. The number of halogens is 2. The van der Waals surface area contributed by atoms with Gasteiger partial charge in [-0.1, -0.05) is 6.92 Å². The summed E-state index contributed by atoms with van der Waals surface area (Å²) in [4.78, 5) is 11.7. The predicted molar refractivity (Wildman–Crippen MR) is 64.1 cm³/mol. The summed E-state index contributed by atoms with van der Waals surface area (Å²) in [5.41, 5.74) is 4.38. The van der Waals surface area contributed by atoms with E-state index in [1.165, 1.54) is 7.11 Å². The number of carbonyl (C=O) groups excluding carboxylic acids is 1. The van der Waals surface area contributed by atoms with Crippen LogP contribution in [0.3, 0.4) is 0 Å². The van der Waals surface area contributed by atoms with Crippen LogP contribution in [0.1, 0.15) is 17.3 Å². The molecule has 1 unspecified atom stereocenters. The van der Waals surface area contributed by atoms with E-state index in [-0.39, 0.29) is 18.2 Å². The van der Waals surface area contributed by atoms with Gasteiger partial charge < -0.3 is 15.8 Å². The molecule has 4 nitrogen and oxygen atoms in total. The quantitative estimate of drug-likeness (QED) is 0.788. The van der Waals surface area contributed by atoms with Gasteiger partial charge in [-0.05, 0) is 18.1 Å². The fraction of sp³-hybridized carbons (Fsp3) is 0.417. The SMILES string of the molecule is COCC(C)CNC(=O)c1c(F)ccc(N)c1F. The largest absolute Gasteiger partial charge is 0.396 e. The van der Waals surface area contributed by atoms with Crippen molar-refractivity contribution in [3.63, 3.8) is 0 Å². The lowest BCUT2D eigenvalue weighted by Gasteiger charge is -2.12. The molecule has 0 radical (unpaired) electrons. The zero-order valence-electron chi connectivity index (χ0n) is 10.3. The fourth-order valence-corrected chi connectivity index (χ4v) is 1.48. The number of nitrogens with one attached hydrogen (secondary N) is 1. The van der Waals surface area contributed by atoms with Gasteiger partial charge in [0, 0.05) is 13.7 Å². The molecule has 0 spiro atoms. The first-order valence-corrected chi connectivity index (χ1v) is 5.48. The Morgan fingerprint density at radius 2 is 2.17 bits per heavy atom. The summed E-state index contributed by atoms with van der Waals surface area (Å²) in [6, 6.07) is 2.04. The van der Waals surface area contributed by atoms with E-state index in [0.717, 1.165) is 12.1 Å². The molecule has 1 aromatic rings. The predicted octanol–water partition coefficient (Wildman–Crippen LogP) is 1.56. The Hall–Kier alpha value is -1.69. The molecule has 1 amide bonds. The maximum atomic E-state index is 13.5. The highest BCUT2D eigenvalue weighted by Crippen LogP contribution is 2.18. The topological polar surface area (TPSA) is 64.3 Å². The van der Waals surface area contributed by atoms with E-state index in [1.807, 2.05) is 6.92 Å². The van der Waals surface area contributed by atoms with Crippen molar-refractivity contribution in [2.75, 3.05) is 26.0 Å². The number of amides is 1. The number of ether oxygens (including phenoxy) is 1. The van der Waals surface area contributed by atoms with Crippen molar-refractivity contribution < 1.29 is 18.3 Å². The number of benzene rings is 1. The molecule has 0 aliphatic carbocycles. The number of carbonyl (C=O) groups is 1. The first-order chi connectivity index (χ1) is 8.47. The molecule has 100 valence electrons. The molecule has 0 bridgehead atoms. The summed E-state index contributed by atoms with van der Waals surface area (Å²) in [7, 11) is 1.54. The number of methoxy groups -OCH3 is 1. The van der Waals surface area contributed by atoms with Gasteiger partial charge in [0.25, 0.3) is 5.91 Å². The number of anilines is 1. The third kappa shape index (κ3) is 3.40. The summed E-state index contributed by atoms with van der Waals surface area (Å²) >= 11 is 0. The molecule has 0 saturated heterocycles. The van der Waals surface area contributed by atoms with Crippen LogP contribution < -0.4 is 11.1 Å². The molecule has 18 heavy (non-hydrogen) atoms. The van der Waals surface area contributed by atoms with Crippen molar-refractivity contribution in [3.05, 3.63) is 29.3 Å². The highest BCUT2D eigenvalue weighted by molar-refractivity contribution is 5.95. The second-order valence-electron chi connectivity index (χ2n) is 4.10. The van der Waals surface area contributed by atoms with Crippen LogP contribution in [0.5, 0.6) is 0 Å². The van der Waals surface area contributed by atoms with Gasteiger partial charge in [0.1, 0.15) is 11.4 Å². The van der Waals surface area contributed by atoms with E-state index in [9.17, 15) is 13.6 Å². The molecular weight excluding hydrogens is 242 g/mol. The molecule has 0 fully saturated rings. The van der Waals surface area contributed by atoms with E-state index in [2.05, 4.69) is 5.32 Å². The lowest BCUT2D eigenvalue weighted by molar-refractivity contribution is 0.0926. The highest BCUT2D eigenvalue weighted by atomic mass is 19.1. The lowest BCUT2D eigenvalue weighted by Crippen LogP contribution is -2.31. The second kappa shape index (κ2) is 6.30. The summed E-state index contributed by atoms with van der Waals surface area (Å²) in [5, 5.41) is 2.44. The van der Waals surface area contributed by atoms with Crippen LogP contribution in [0.15, 0.2) is 12.1 Å². The van der Waals surface area contributed by atoms with E-state index in [0.29, 0.717) is 6.61 Å². The monoisotopic (exact) mass is 258 g/mol. The Morgan fingerprint density at radius 1 is 1.50 bits per heavy atom. The molecule has 1 atom stereocenters. The average Bonchev–Trinajstić information content (AvgIpc) is 2.32. The standard InChI is InChI=1S/C12H16F2N2O2/c1-7(6-18-2)5-16-12(17)10-8(13)3-4-9(15)11(10)14/h3-4,7H,5-6,15H2,1-2H3,(H,16,17). The van der Waals surface area contributed by atoms with Gasteiger partial charge in [-0.15, -0.1) is 0 Å². The fourth-order valence-electron chi connectivity index (χ4n) is 1.48. The van der Waals surface area contributed by atoms with E-state index >= 15 is 0 Å². The van der Waals surface area contributed by atoms with Crippen LogP contribution in [0.2, 0.25) is 0 Å². The van der Waals surface area contributed by atoms with Crippen molar-refractivity contribution >= 4 is 11.6 Å². The number of hydrogen-bond donors (Lipinski definition) is 2. The molecular formula is C12H16F2N2O2. The Kier molecular flexibility index (Phi) is 5.03. The van der Waals surface area contributed by atoms with Gasteiger partial charge >= 0.3 is 0 Å². The Bertz CT molecular complexity index is 438. The molecule has 0 aromatic heterocycles. The van der Waals surface area contributed by atoms with Crippen LogP contribution in [-0.2, 0) is 4.74 Å². The minimum absolute atomic E-state index is 0.0473. The van der Waals surface area contributed by atoms with E-state index in [1.54, 1.807) is 0 Å². The minimum atomic E-state index is -1.04. The molecule has 6 heteroatoms. The van der Waals surface area contributed by atoms with Gasteiger partial charge in [-0.25, -0.2) is 8.78 Å². The molecule has 0 aliphatic rings. The zero-order valence-corrected chi connectivity index (χ0v) is 10.3. The first kappa shape index (κ1) is 14.4. The van der Waals surface area contributed by atoms with Gasteiger partial charge in [0.15, 0.2) is 5.82 Å². The number of hydrogen-bond acceptors (Lipinski definition) is 3. The van der Waals surface area contributed by atoms with E-state index < -0.39 is 23.1 Å². The number of nitrogens with two attached hydrogens (primary N) is 1. The zero-order chi connectivity index (χ0) is 13.7. The third-order valence-corrected chi connectivity index (χ3v) is 2.41. The van der Waals surface area contributed by atoms with Crippen LogP contribution in [0, 0.1) is 17.6 Å². The van der Waals surface area contributed by atoms with Crippen LogP contribution >= 0.6 is 0 Å². The van der Waals surface area contributed by atoms with Gasteiger partial charge in [0.05, 0.1) is 12.3 Å². The molecule has 1 aromatic carbocycles. The Labute approximate surface area is 104 Å². The molecule has 1 rings (SSSR count). The number of nitrogen functional groups attached to an aromatic ring is 1. The normalized spacial score (nSPS) is 12.2. The van der Waals surface area contributed by atoms with Crippen molar-refractivity contribution in [1.82, 2.24) is 5.32 Å². The number of rotatable bonds is 5. The van der Waals surface area contributed by atoms with Crippen LogP contribution in [0.25, 0.3) is 0 Å². The molecule has 3 N–H and O–H groups in total. The minimum Gasteiger partial charge on any atom is -0.396 e. The Morgan fingerprint density at radius 3 is 2.78 bits per heavy atom. The second-order valence-corrected chi connectivity index (χ2v) is 4.10. The molecule has 0 aliphatic heterocycles.